The molecule has 0 saturated carbocycles. The minimum absolute atomic E-state index is 0.0144. The molecular weight excluding hydrogens is 328 g/mol. The number of carbonyl (C=O) groups is 1. The largest absolute Gasteiger partial charge is 0.351 e. The summed E-state index contributed by atoms with van der Waals surface area (Å²) in [6, 6.07) is 18.2. The van der Waals surface area contributed by atoms with Crippen LogP contribution in [0.15, 0.2) is 60.0 Å². The van der Waals surface area contributed by atoms with Crippen LogP contribution in [-0.2, 0) is 11.3 Å². The lowest BCUT2D eigenvalue weighted by molar-refractivity contribution is -0.118. The second kappa shape index (κ2) is 7.40. The summed E-state index contributed by atoms with van der Waals surface area (Å²) < 4.78 is 0. The SMILES string of the molecule is O=C(CCl)NCc1ccc(-c2nc(-c3ccccc3)cs2)cc1. The molecule has 5 heteroatoms. The Hall–Kier alpha value is -2.17. The van der Waals surface area contributed by atoms with Crippen LogP contribution in [0.5, 0.6) is 0 Å². The van der Waals surface area contributed by atoms with E-state index in [0.717, 1.165) is 27.4 Å². The highest BCUT2D eigenvalue weighted by atomic mass is 35.5. The predicted molar refractivity (Wildman–Crippen MR) is 95.6 cm³/mol. The van der Waals surface area contributed by atoms with Crippen molar-refractivity contribution in [3.05, 3.63) is 65.5 Å². The van der Waals surface area contributed by atoms with Gasteiger partial charge in [-0.3, -0.25) is 4.79 Å². The van der Waals surface area contributed by atoms with E-state index in [1.54, 1.807) is 11.3 Å². The van der Waals surface area contributed by atoms with E-state index in [1.807, 2.05) is 42.5 Å². The van der Waals surface area contributed by atoms with Gasteiger partial charge in [0.05, 0.1) is 5.69 Å². The van der Waals surface area contributed by atoms with Crippen molar-refractivity contribution in [1.82, 2.24) is 10.3 Å². The number of thiazole rings is 1. The zero-order valence-electron chi connectivity index (χ0n) is 12.3. The van der Waals surface area contributed by atoms with Crippen molar-refractivity contribution in [1.29, 1.82) is 0 Å². The van der Waals surface area contributed by atoms with Crippen LogP contribution in [0, 0.1) is 0 Å². The molecule has 0 radical (unpaired) electrons. The van der Waals surface area contributed by atoms with E-state index in [9.17, 15) is 4.79 Å². The molecule has 0 unspecified atom stereocenters. The van der Waals surface area contributed by atoms with Crippen LogP contribution in [0.3, 0.4) is 0 Å². The molecule has 2 aromatic carbocycles. The molecule has 1 heterocycles. The lowest BCUT2D eigenvalue weighted by Crippen LogP contribution is -2.23. The maximum Gasteiger partial charge on any atom is 0.235 e. The number of alkyl halides is 1. The zero-order chi connectivity index (χ0) is 16.1. The smallest absolute Gasteiger partial charge is 0.235 e. The molecule has 1 aromatic heterocycles. The standard InChI is InChI=1S/C18H15ClN2OS/c19-10-17(22)20-11-13-6-8-15(9-7-13)18-21-16(12-23-18)14-4-2-1-3-5-14/h1-9,12H,10-11H2,(H,20,22). The Morgan fingerprint density at radius 1 is 1.04 bits per heavy atom. The molecule has 0 bridgehead atoms. The monoisotopic (exact) mass is 342 g/mol. The summed E-state index contributed by atoms with van der Waals surface area (Å²) in [5.74, 6) is -0.178. The molecule has 116 valence electrons. The molecule has 23 heavy (non-hydrogen) atoms. The first-order valence-corrected chi connectivity index (χ1v) is 8.60. The number of rotatable bonds is 5. The number of amides is 1. The number of nitrogens with zero attached hydrogens (tertiary/aromatic N) is 1. The highest BCUT2D eigenvalue weighted by Crippen LogP contribution is 2.28. The summed E-state index contributed by atoms with van der Waals surface area (Å²) in [5.41, 5.74) is 4.22. The van der Waals surface area contributed by atoms with E-state index in [0.29, 0.717) is 6.54 Å². The molecular formula is C18H15ClN2OS. The average molecular weight is 343 g/mol. The number of aromatic nitrogens is 1. The van der Waals surface area contributed by atoms with Crippen LogP contribution in [0.25, 0.3) is 21.8 Å². The van der Waals surface area contributed by atoms with Crippen molar-refractivity contribution in [3.63, 3.8) is 0 Å². The molecule has 3 aromatic rings. The predicted octanol–water partition coefficient (Wildman–Crippen LogP) is 4.33. The molecule has 0 atom stereocenters. The van der Waals surface area contributed by atoms with Gasteiger partial charge in [-0.25, -0.2) is 4.98 Å². The van der Waals surface area contributed by atoms with Gasteiger partial charge in [-0.05, 0) is 5.56 Å². The summed E-state index contributed by atoms with van der Waals surface area (Å²) in [6.45, 7) is 0.485. The van der Waals surface area contributed by atoms with Crippen molar-refractivity contribution in [2.24, 2.45) is 0 Å². The zero-order valence-corrected chi connectivity index (χ0v) is 13.9. The topological polar surface area (TPSA) is 42.0 Å². The Bertz CT molecular complexity index is 784. The Labute approximate surface area is 144 Å². The molecule has 0 aliphatic carbocycles. The normalized spacial score (nSPS) is 10.5. The average Bonchev–Trinajstić information content (AvgIpc) is 3.11. The van der Waals surface area contributed by atoms with Crippen molar-refractivity contribution >= 4 is 28.8 Å². The van der Waals surface area contributed by atoms with Crippen molar-refractivity contribution < 1.29 is 4.79 Å². The summed E-state index contributed by atoms with van der Waals surface area (Å²) in [4.78, 5) is 15.9. The van der Waals surface area contributed by atoms with Crippen LogP contribution in [0.2, 0.25) is 0 Å². The molecule has 1 amide bonds. The van der Waals surface area contributed by atoms with Gasteiger partial charge in [0.15, 0.2) is 0 Å². The van der Waals surface area contributed by atoms with Crippen LogP contribution in [-0.4, -0.2) is 16.8 Å². The van der Waals surface area contributed by atoms with Crippen molar-refractivity contribution in [2.75, 3.05) is 5.88 Å². The molecule has 3 rings (SSSR count). The molecule has 1 N–H and O–H groups in total. The van der Waals surface area contributed by atoms with E-state index >= 15 is 0 Å². The number of hydrogen-bond acceptors (Lipinski definition) is 3. The van der Waals surface area contributed by atoms with Gasteiger partial charge in [0.1, 0.15) is 10.9 Å². The fraction of sp³-hybridized carbons (Fsp3) is 0.111. The number of halogens is 1. The summed E-state index contributed by atoms with van der Waals surface area (Å²) in [6.07, 6.45) is 0. The van der Waals surface area contributed by atoms with Gasteiger partial charge in [0, 0.05) is 23.1 Å². The van der Waals surface area contributed by atoms with Gasteiger partial charge in [0.2, 0.25) is 5.91 Å². The minimum Gasteiger partial charge on any atom is -0.351 e. The van der Waals surface area contributed by atoms with Crippen LogP contribution >= 0.6 is 22.9 Å². The number of nitrogens with one attached hydrogen (secondary N) is 1. The molecule has 3 nitrogen and oxygen atoms in total. The van der Waals surface area contributed by atoms with Crippen LogP contribution < -0.4 is 5.32 Å². The molecule has 0 aliphatic heterocycles. The lowest BCUT2D eigenvalue weighted by atomic mass is 10.1. The second-order valence-corrected chi connectivity index (χ2v) is 6.14. The van der Waals surface area contributed by atoms with Gasteiger partial charge in [-0.15, -0.1) is 22.9 Å². The van der Waals surface area contributed by atoms with Crippen molar-refractivity contribution in [3.8, 4) is 21.8 Å². The van der Waals surface area contributed by atoms with E-state index in [2.05, 4.69) is 22.8 Å². The van der Waals surface area contributed by atoms with Gasteiger partial charge >= 0.3 is 0 Å². The third-order valence-corrected chi connectivity index (χ3v) is 4.52. The molecule has 0 fully saturated rings. The molecule has 0 spiro atoms. The number of benzene rings is 2. The quantitative estimate of drug-likeness (QED) is 0.701. The highest BCUT2D eigenvalue weighted by molar-refractivity contribution is 7.13. The van der Waals surface area contributed by atoms with Gasteiger partial charge < -0.3 is 5.32 Å². The Kier molecular flexibility index (Phi) is 5.05. The van der Waals surface area contributed by atoms with E-state index < -0.39 is 0 Å². The minimum atomic E-state index is -0.164. The second-order valence-electron chi connectivity index (χ2n) is 5.01. The van der Waals surface area contributed by atoms with Crippen LogP contribution in [0.1, 0.15) is 5.56 Å². The Morgan fingerprint density at radius 2 is 1.78 bits per heavy atom. The summed E-state index contributed by atoms with van der Waals surface area (Å²) in [5, 5.41) is 5.80. The first kappa shape index (κ1) is 15.7. The maximum atomic E-state index is 11.2. The van der Waals surface area contributed by atoms with Gasteiger partial charge in [-0.1, -0.05) is 54.6 Å². The fourth-order valence-corrected chi connectivity index (χ4v) is 3.09. The third-order valence-electron chi connectivity index (χ3n) is 3.39. The van der Waals surface area contributed by atoms with Crippen LogP contribution in [0.4, 0.5) is 0 Å². The van der Waals surface area contributed by atoms with Crippen molar-refractivity contribution in [2.45, 2.75) is 6.54 Å². The van der Waals surface area contributed by atoms with E-state index in [1.165, 1.54) is 0 Å². The van der Waals surface area contributed by atoms with Gasteiger partial charge in [-0.2, -0.15) is 0 Å². The Morgan fingerprint density at radius 3 is 2.48 bits per heavy atom. The molecule has 0 aliphatic rings. The van der Waals surface area contributed by atoms with E-state index in [-0.39, 0.29) is 11.8 Å². The first-order valence-electron chi connectivity index (χ1n) is 7.19. The van der Waals surface area contributed by atoms with Gasteiger partial charge in [0.25, 0.3) is 0 Å². The first-order chi connectivity index (χ1) is 11.3. The van der Waals surface area contributed by atoms with E-state index in [4.69, 9.17) is 16.6 Å². The lowest BCUT2D eigenvalue weighted by Gasteiger charge is -2.04. The number of hydrogen-bond donors (Lipinski definition) is 1. The maximum absolute atomic E-state index is 11.2. The Balaban J connectivity index is 1.73. The highest BCUT2D eigenvalue weighted by Gasteiger charge is 2.06. The summed E-state index contributed by atoms with van der Waals surface area (Å²) >= 11 is 7.08. The fourth-order valence-electron chi connectivity index (χ4n) is 2.16. The third kappa shape index (κ3) is 3.97. The molecule has 0 saturated heterocycles. The number of carbonyl (C=O) groups excluding carboxylic acids is 1. The summed E-state index contributed by atoms with van der Waals surface area (Å²) in [7, 11) is 0.